The molecule has 0 aliphatic heterocycles. The number of hydrogen-bond donors (Lipinski definition) is 0. The van der Waals surface area contributed by atoms with Crippen LogP contribution in [0.5, 0.6) is 0 Å². The van der Waals surface area contributed by atoms with E-state index in [0.29, 0.717) is 6.42 Å². The van der Waals surface area contributed by atoms with Crippen molar-refractivity contribution in [2.24, 2.45) is 0 Å². The SMILES string of the molecule is C=CC(=O)N(CC(F)(F)F)C(C)CCCCCC. The number of halogens is 3. The summed E-state index contributed by atoms with van der Waals surface area (Å²) in [7, 11) is 0. The zero-order valence-corrected chi connectivity index (χ0v) is 11.1. The minimum Gasteiger partial charge on any atom is -0.327 e. The molecule has 0 heterocycles. The monoisotopic (exact) mass is 265 g/mol. The molecule has 1 unspecified atom stereocenters. The zero-order chi connectivity index (χ0) is 14.2. The molecule has 0 saturated heterocycles. The number of alkyl halides is 3. The average molecular weight is 265 g/mol. The Hall–Kier alpha value is -1.00. The van der Waals surface area contributed by atoms with Gasteiger partial charge in [0.05, 0.1) is 0 Å². The van der Waals surface area contributed by atoms with E-state index in [9.17, 15) is 18.0 Å². The maximum Gasteiger partial charge on any atom is 0.406 e. The second-order valence-corrected chi connectivity index (χ2v) is 4.48. The molecule has 2 nitrogen and oxygen atoms in total. The summed E-state index contributed by atoms with van der Waals surface area (Å²) >= 11 is 0. The summed E-state index contributed by atoms with van der Waals surface area (Å²) in [6, 6.07) is -0.408. The molecule has 0 aromatic heterocycles. The smallest absolute Gasteiger partial charge is 0.327 e. The predicted octanol–water partition coefficient (Wildman–Crippen LogP) is 3.92. The van der Waals surface area contributed by atoms with Crippen molar-refractivity contribution in [1.29, 1.82) is 0 Å². The lowest BCUT2D eigenvalue weighted by Crippen LogP contribution is -2.43. The van der Waals surface area contributed by atoms with E-state index in [2.05, 4.69) is 13.5 Å². The summed E-state index contributed by atoms with van der Waals surface area (Å²) in [5, 5.41) is 0. The van der Waals surface area contributed by atoms with Gasteiger partial charge in [-0.25, -0.2) is 0 Å². The van der Waals surface area contributed by atoms with Crippen molar-refractivity contribution in [2.75, 3.05) is 6.54 Å². The topological polar surface area (TPSA) is 20.3 Å². The molecule has 0 aromatic rings. The minimum absolute atomic E-state index is 0.408. The minimum atomic E-state index is -4.36. The Bertz CT molecular complexity index is 263. The van der Waals surface area contributed by atoms with Crippen LogP contribution in [0.15, 0.2) is 12.7 Å². The lowest BCUT2D eigenvalue weighted by atomic mass is 10.1. The highest BCUT2D eigenvalue weighted by Crippen LogP contribution is 2.20. The van der Waals surface area contributed by atoms with E-state index >= 15 is 0 Å². The molecule has 106 valence electrons. The summed E-state index contributed by atoms with van der Waals surface area (Å²) in [5.41, 5.74) is 0. The fourth-order valence-corrected chi connectivity index (χ4v) is 1.78. The number of rotatable bonds is 8. The summed E-state index contributed by atoms with van der Waals surface area (Å²) in [6.07, 6.45) is 1.14. The average Bonchev–Trinajstić information content (AvgIpc) is 2.29. The molecule has 0 rings (SSSR count). The van der Waals surface area contributed by atoms with E-state index in [4.69, 9.17) is 0 Å². The first-order valence-electron chi connectivity index (χ1n) is 6.31. The predicted molar refractivity (Wildman–Crippen MR) is 66.2 cm³/mol. The Balaban J connectivity index is 4.36. The van der Waals surface area contributed by atoms with E-state index in [-0.39, 0.29) is 0 Å². The van der Waals surface area contributed by atoms with Crippen LogP contribution in [0.4, 0.5) is 13.2 Å². The molecule has 1 amide bonds. The van der Waals surface area contributed by atoms with Gasteiger partial charge in [0.2, 0.25) is 5.91 Å². The Kier molecular flexibility index (Phi) is 7.71. The number of amides is 1. The van der Waals surface area contributed by atoms with Crippen molar-refractivity contribution >= 4 is 5.91 Å². The van der Waals surface area contributed by atoms with Crippen molar-refractivity contribution < 1.29 is 18.0 Å². The van der Waals surface area contributed by atoms with E-state index in [1.165, 1.54) is 0 Å². The molecule has 0 saturated carbocycles. The second-order valence-electron chi connectivity index (χ2n) is 4.48. The summed E-state index contributed by atoms with van der Waals surface area (Å²) in [6.45, 7) is 5.77. The third-order valence-corrected chi connectivity index (χ3v) is 2.81. The first kappa shape index (κ1) is 17.0. The van der Waals surface area contributed by atoms with Crippen molar-refractivity contribution in [3.8, 4) is 0 Å². The van der Waals surface area contributed by atoms with E-state index < -0.39 is 24.7 Å². The summed E-state index contributed by atoms with van der Waals surface area (Å²) in [5.74, 6) is -0.657. The molecule has 0 radical (unpaired) electrons. The summed E-state index contributed by atoms with van der Waals surface area (Å²) < 4.78 is 37.1. The Morgan fingerprint density at radius 2 is 1.94 bits per heavy atom. The lowest BCUT2D eigenvalue weighted by Gasteiger charge is -2.29. The zero-order valence-electron chi connectivity index (χ0n) is 11.1. The quantitative estimate of drug-likeness (QED) is 0.481. The van der Waals surface area contributed by atoms with Crippen LogP contribution in [0.25, 0.3) is 0 Å². The van der Waals surface area contributed by atoms with Gasteiger partial charge in [0.1, 0.15) is 6.54 Å². The molecule has 0 fully saturated rings. The number of carbonyl (C=O) groups excluding carboxylic acids is 1. The van der Waals surface area contributed by atoms with Crippen LogP contribution in [0, 0.1) is 0 Å². The molecule has 0 aromatic carbocycles. The van der Waals surface area contributed by atoms with Crippen LogP contribution in [-0.4, -0.2) is 29.6 Å². The molecule has 0 spiro atoms. The van der Waals surface area contributed by atoms with Gasteiger partial charge in [-0.15, -0.1) is 0 Å². The molecule has 0 bridgehead atoms. The van der Waals surface area contributed by atoms with Gasteiger partial charge in [0, 0.05) is 6.04 Å². The summed E-state index contributed by atoms with van der Waals surface area (Å²) in [4.78, 5) is 12.3. The maximum atomic E-state index is 12.4. The van der Waals surface area contributed by atoms with E-state index in [1.54, 1.807) is 6.92 Å². The van der Waals surface area contributed by atoms with Gasteiger partial charge < -0.3 is 4.90 Å². The number of nitrogens with zero attached hydrogens (tertiary/aromatic N) is 1. The van der Waals surface area contributed by atoms with Crippen molar-refractivity contribution in [3.05, 3.63) is 12.7 Å². The van der Waals surface area contributed by atoms with Gasteiger partial charge >= 0.3 is 6.18 Å². The number of carbonyl (C=O) groups is 1. The standard InChI is InChI=1S/C13H22F3NO/c1-4-6-7-8-9-11(3)17(12(18)5-2)10-13(14,15)16/h5,11H,2,4,6-10H2,1,3H3. The third-order valence-electron chi connectivity index (χ3n) is 2.81. The van der Waals surface area contributed by atoms with Crippen LogP contribution in [0.1, 0.15) is 46.0 Å². The van der Waals surface area contributed by atoms with Gasteiger partial charge in [-0.1, -0.05) is 39.2 Å². The first-order chi connectivity index (χ1) is 8.31. The molecule has 0 N–H and O–H groups in total. The Morgan fingerprint density at radius 1 is 1.33 bits per heavy atom. The van der Waals surface area contributed by atoms with Gasteiger partial charge in [-0.05, 0) is 19.4 Å². The van der Waals surface area contributed by atoms with Crippen LogP contribution < -0.4 is 0 Å². The molecular weight excluding hydrogens is 243 g/mol. The molecule has 0 aliphatic carbocycles. The largest absolute Gasteiger partial charge is 0.406 e. The molecule has 1 atom stereocenters. The van der Waals surface area contributed by atoms with Crippen LogP contribution in [0.2, 0.25) is 0 Å². The molecule has 0 aliphatic rings. The van der Waals surface area contributed by atoms with Crippen LogP contribution in [-0.2, 0) is 4.79 Å². The van der Waals surface area contributed by atoms with Crippen molar-refractivity contribution in [2.45, 2.75) is 58.2 Å². The molecular formula is C13H22F3NO. The Morgan fingerprint density at radius 3 is 2.39 bits per heavy atom. The van der Waals surface area contributed by atoms with Crippen LogP contribution >= 0.6 is 0 Å². The highest BCUT2D eigenvalue weighted by Gasteiger charge is 2.34. The highest BCUT2D eigenvalue weighted by molar-refractivity contribution is 5.87. The highest BCUT2D eigenvalue weighted by atomic mass is 19.4. The van der Waals surface area contributed by atoms with Gasteiger partial charge in [0.25, 0.3) is 0 Å². The number of unbranched alkanes of at least 4 members (excludes halogenated alkanes) is 3. The second kappa shape index (κ2) is 8.16. The van der Waals surface area contributed by atoms with Crippen molar-refractivity contribution in [3.63, 3.8) is 0 Å². The van der Waals surface area contributed by atoms with Gasteiger partial charge in [0.15, 0.2) is 0 Å². The van der Waals surface area contributed by atoms with E-state index in [0.717, 1.165) is 36.7 Å². The third kappa shape index (κ3) is 7.35. The fourth-order valence-electron chi connectivity index (χ4n) is 1.78. The van der Waals surface area contributed by atoms with Gasteiger partial charge in [-0.3, -0.25) is 4.79 Å². The van der Waals surface area contributed by atoms with E-state index in [1.807, 2.05) is 0 Å². The Labute approximate surface area is 107 Å². The first-order valence-corrected chi connectivity index (χ1v) is 6.31. The molecule has 18 heavy (non-hydrogen) atoms. The van der Waals surface area contributed by atoms with Crippen LogP contribution in [0.3, 0.4) is 0 Å². The molecule has 5 heteroatoms. The number of hydrogen-bond acceptors (Lipinski definition) is 1. The van der Waals surface area contributed by atoms with Gasteiger partial charge in [-0.2, -0.15) is 13.2 Å². The fraction of sp³-hybridized carbons (Fsp3) is 0.769. The maximum absolute atomic E-state index is 12.4. The van der Waals surface area contributed by atoms with Crippen molar-refractivity contribution in [1.82, 2.24) is 4.90 Å². The lowest BCUT2D eigenvalue weighted by molar-refractivity contribution is -0.162. The normalized spacial score (nSPS) is 13.2.